The Hall–Kier alpha value is -2.02. The molecule has 7 heteroatoms. The number of rotatable bonds is 4. The molecule has 4 rings (SSSR count). The summed E-state index contributed by atoms with van der Waals surface area (Å²) in [4.78, 5) is 23.6. The maximum atomic E-state index is 12.6. The second kappa shape index (κ2) is 7.92. The van der Waals surface area contributed by atoms with Crippen LogP contribution in [0.3, 0.4) is 0 Å². The van der Waals surface area contributed by atoms with Crippen LogP contribution in [0, 0.1) is 0 Å². The van der Waals surface area contributed by atoms with Gasteiger partial charge < -0.3 is 5.32 Å². The van der Waals surface area contributed by atoms with Crippen LogP contribution in [0.1, 0.15) is 30.7 Å². The average molecular weight is 401 g/mol. The number of anilines is 1. The minimum absolute atomic E-state index is 0.0525. The molecule has 1 aliphatic heterocycles. The summed E-state index contributed by atoms with van der Waals surface area (Å²) in [5.74, 6) is 0.421. The summed E-state index contributed by atoms with van der Waals surface area (Å²) in [6.45, 7) is 3.71. The van der Waals surface area contributed by atoms with Gasteiger partial charge in [-0.15, -0.1) is 11.3 Å². The molecule has 1 atom stereocenters. The first-order valence-electron chi connectivity index (χ1n) is 9.12. The third kappa shape index (κ3) is 3.98. The molecule has 0 spiro atoms. The molecule has 0 unspecified atom stereocenters. The standard InChI is InChI=1S/C20H21ClN4OS/c1-13(19(26)23-16-6-4-10-22-18(16)21)25-11-8-14(9-12-25)20-24-15-5-2-3-7-17(15)27-20/h2-7,10,13-14H,8-9,11-12H2,1H3,(H,23,26)/t13-/m1/s1. The van der Waals surface area contributed by atoms with E-state index < -0.39 is 0 Å². The number of hydrogen-bond acceptors (Lipinski definition) is 5. The molecule has 27 heavy (non-hydrogen) atoms. The summed E-state index contributed by atoms with van der Waals surface area (Å²) in [6.07, 6.45) is 3.64. The molecule has 0 radical (unpaired) electrons. The predicted octanol–water partition coefficient (Wildman–Crippen LogP) is 4.55. The van der Waals surface area contributed by atoms with E-state index >= 15 is 0 Å². The number of para-hydroxylation sites is 1. The molecule has 1 aromatic carbocycles. The van der Waals surface area contributed by atoms with Gasteiger partial charge >= 0.3 is 0 Å². The van der Waals surface area contributed by atoms with E-state index in [4.69, 9.17) is 16.6 Å². The van der Waals surface area contributed by atoms with Crippen LogP contribution in [-0.4, -0.2) is 39.9 Å². The van der Waals surface area contributed by atoms with Crippen LogP contribution in [0.25, 0.3) is 10.2 Å². The molecule has 1 amide bonds. The molecule has 3 heterocycles. The number of fused-ring (bicyclic) bond motifs is 1. The van der Waals surface area contributed by atoms with Crippen molar-refractivity contribution < 1.29 is 4.79 Å². The van der Waals surface area contributed by atoms with Crippen molar-refractivity contribution in [2.24, 2.45) is 0 Å². The van der Waals surface area contributed by atoms with Crippen molar-refractivity contribution in [3.05, 3.63) is 52.8 Å². The summed E-state index contributed by atoms with van der Waals surface area (Å²) in [5.41, 5.74) is 1.64. The predicted molar refractivity (Wildman–Crippen MR) is 111 cm³/mol. The van der Waals surface area contributed by atoms with Gasteiger partial charge in [0.15, 0.2) is 5.15 Å². The summed E-state index contributed by atoms with van der Waals surface area (Å²) in [7, 11) is 0. The quantitative estimate of drug-likeness (QED) is 0.652. The number of nitrogens with zero attached hydrogens (tertiary/aromatic N) is 3. The van der Waals surface area contributed by atoms with Gasteiger partial charge in [-0.25, -0.2) is 9.97 Å². The van der Waals surface area contributed by atoms with Crippen molar-refractivity contribution in [1.82, 2.24) is 14.9 Å². The molecule has 1 aliphatic rings. The van der Waals surface area contributed by atoms with Crippen molar-refractivity contribution in [1.29, 1.82) is 0 Å². The fourth-order valence-corrected chi connectivity index (χ4v) is 4.78. The number of amides is 1. The van der Waals surface area contributed by atoms with Crippen LogP contribution in [-0.2, 0) is 4.79 Å². The molecule has 5 nitrogen and oxygen atoms in total. The highest BCUT2D eigenvalue weighted by Crippen LogP contribution is 2.34. The zero-order valence-corrected chi connectivity index (χ0v) is 16.6. The van der Waals surface area contributed by atoms with E-state index in [2.05, 4.69) is 33.4 Å². The van der Waals surface area contributed by atoms with Gasteiger partial charge in [0, 0.05) is 12.1 Å². The van der Waals surface area contributed by atoms with Gasteiger partial charge in [-0.2, -0.15) is 0 Å². The number of likely N-dealkylation sites (tertiary alicyclic amines) is 1. The fourth-order valence-electron chi connectivity index (χ4n) is 3.48. The molecule has 0 bridgehead atoms. The highest BCUT2D eigenvalue weighted by molar-refractivity contribution is 7.18. The number of pyridine rings is 1. The van der Waals surface area contributed by atoms with Gasteiger partial charge in [0.2, 0.25) is 5.91 Å². The van der Waals surface area contributed by atoms with Crippen molar-refractivity contribution in [3.63, 3.8) is 0 Å². The summed E-state index contributed by atoms with van der Waals surface area (Å²) < 4.78 is 1.25. The maximum absolute atomic E-state index is 12.6. The molecule has 1 saturated heterocycles. The van der Waals surface area contributed by atoms with Crippen molar-refractivity contribution in [3.8, 4) is 0 Å². The first-order valence-corrected chi connectivity index (χ1v) is 10.3. The number of piperidine rings is 1. The lowest BCUT2D eigenvalue weighted by Gasteiger charge is -2.34. The molecule has 3 aromatic rings. The Balaban J connectivity index is 1.36. The molecule has 2 aromatic heterocycles. The minimum Gasteiger partial charge on any atom is -0.322 e. The van der Waals surface area contributed by atoms with E-state index in [9.17, 15) is 4.79 Å². The van der Waals surface area contributed by atoms with Gasteiger partial charge in [-0.1, -0.05) is 23.7 Å². The zero-order valence-electron chi connectivity index (χ0n) is 15.1. The van der Waals surface area contributed by atoms with Crippen molar-refractivity contribution in [2.45, 2.75) is 31.7 Å². The topological polar surface area (TPSA) is 58.1 Å². The first kappa shape index (κ1) is 18.3. The third-order valence-corrected chi connectivity index (χ3v) is 6.63. The lowest BCUT2D eigenvalue weighted by Crippen LogP contribution is -2.45. The van der Waals surface area contributed by atoms with E-state index in [-0.39, 0.29) is 11.9 Å². The molecule has 0 aliphatic carbocycles. The van der Waals surface area contributed by atoms with Crippen molar-refractivity contribution in [2.75, 3.05) is 18.4 Å². The largest absolute Gasteiger partial charge is 0.322 e. The Morgan fingerprint density at radius 3 is 2.78 bits per heavy atom. The van der Waals surface area contributed by atoms with Crippen LogP contribution in [0.15, 0.2) is 42.6 Å². The third-order valence-electron chi connectivity index (χ3n) is 5.13. The van der Waals surface area contributed by atoms with Crippen LogP contribution >= 0.6 is 22.9 Å². The number of benzene rings is 1. The molecular weight excluding hydrogens is 380 g/mol. The normalized spacial score (nSPS) is 17.1. The van der Waals surface area contributed by atoms with E-state index in [0.717, 1.165) is 31.4 Å². The Morgan fingerprint density at radius 1 is 1.26 bits per heavy atom. The van der Waals surface area contributed by atoms with Crippen molar-refractivity contribution >= 4 is 44.7 Å². The molecule has 0 saturated carbocycles. The maximum Gasteiger partial charge on any atom is 0.241 e. The Bertz CT molecular complexity index is 919. The van der Waals surface area contributed by atoms with Crippen LogP contribution in [0.5, 0.6) is 0 Å². The van der Waals surface area contributed by atoms with Crippen LogP contribution in [0.2, 0.25) is 5.15 Å². The summed E-state index contributed by atoms with van der Waals surface area (Å²) in [5, 5.41) is 4.41. The number of thiazole rings is 1. The van der Waals surface area contributed by atoms with E-state index in [1.54, 1.807) is 29.7 Å². The number of carbonyl (C=O) groups is 1. The van der Waals surface area contributed by atoms with Gasteiger partial charge in [-0.3, -0.25) is 9.69 Å². The highest BCUT2D eigenvalue weighted by Gasteiger charge is 2.29. The Kier molecular flexibility index (Phi) is 5.38. The minimum atomic E-state index is -0.211. The lowest BCUT2D eigenvalue weighted by atomic mass is 9.96. The highest BCUT2D eigenvalue weighted by atomic mass is 35.5. The number of aromatic nitrogens is 2. The number of nitrogens with one attached hydrogen (secondary N) is 1. The first-order chi connectivity index (χ1) is 13.1. The average Bonchev–Trinajstić information content (AvgIpc) is 3.13. The van der Waals surface area contributed by atoms with E-state index in [1.165, 1.54) is 9.71 Å². The van der Waals surface area contributed by atoms with E-state index in [0.29, 0.717) is 16.8 Å². The fraction of sp³-hybridized carbons (Fsp3) is 0.350. The van der Waals surface area contributed by atoms with Gasteiger partial charge in [0.25, 0.3) is 0 Å². The lowest BCUT2D eigenvalue weighted by molar-refractivity contribution is -0.121. The second-order valence-electron chi connectivity index (χ2n) is 6.84. The Morgan fingerprint density at radius 2 is 2.04 bits per heavy atom. The van der Waals surface area contributed by atoms with Gasteiger partial charge in [0.05, 0.1) is 27.0 Å². The van der Waals surface area contributed by atoms with Crippen LogP contribution < -0.4 is 5.32 Å². The zero-order chi connectivity index (χ0) is 18.8. The SMILES string of the molecule is C[C@H](C(=O)Nc1cccnc1Cl)N1CCC(c2nc3ccccc3s2)CC1. The van der Waals surface area contributed by atoms with Gasteiger partial charge in [-0.05, 0) is 57.1 Å². The smallest absolute Gasteiger partial charge is 0.241 e. The molecule has 140 valence electrons. The number of carbonyl (C=O) groups excluding carboxylic acids is 1. The summed E-state index contributed by atoms with van der Waals surface area (Å²) >= 11 is 7.83. The Labute approximate surface area is 167 Å². The second-order valence-corrected chi connectivity index (χ2v) is 8.26. The molecule has 1 N–H and O–H groups in total. The van der Waals surface area contributed by atoms with Crippen LogP contribution in [0.4, 0.5) is 5.69 Å². The number of halogens is 1. The van der Waals surface area contributed by atoms with Gasteiger partial charge in [0.1, 0.15) is 0 Å². The summed E-state index contributed by atoms with van der Waals surface area (Å²) in [6, 6.07) is 11.6. The number of hydrogen-bond donors (Lipinski definition) is 1. The van der Waals surface area contributed by atoms with E-state index in [1.807, 2.05) is 13.0 Å². The molecule has 1 fully saturated rings. The monoisotopic (exact) mass is 400 g/mol. The molecular formula is C20H21ClN4OS.